The third-order valence-electron chi connectivity index (χ3n) is 3.31. The topological polar surface area (TPSA) is 82.5 Å². The third-order valence-corrected chi connectivity index (χ3v) is 3.31. The molecule has 0 amide bonds. The van der Waals surface area contributed by atoms with Crippen LogP contribution < -0.4 is 4.90 Å². The lowest BCUT2D eigenvalue weighted by atomic mass is 10.3. The van der Waals surface area contributed by atoms with Crippen molar-refractivity contribution in [2.45, 2.75) is 20.3 Å². The van der Waals surface area contributed by atoms with Gasteiger partial charge in [-0.15, -0.1) is 5.10 Å². The van der Waals surface area contributed by atoms with Crippen LogP contribution in [0.25, 0.3) is 0 Å². The first-order valence-electron chi connectivity index (χ1n) is 6.43. The van der Waals surface area contributed by atoms with Crippen LogP contribution in [0.15, 0.2) is 0 Å². The van der Waals surface area contributed by atoms with Gasteiger partial charge in [0, 0.05) is 26.2 Å². The zero-order valence-electron chi connectivity index (χ0n) is 11.3. The molecule has 0 radical (unpaired) electrons. The highest BCUT2D eigenvalue weighted by Gasteiger charge is 2.19. The molecule has 1 aromatic heterocycles. The minimum atomic E-state index is -0.780. The molecular formula is C12H19N5O2. The number of aliphatic carboxylic acids is 1. The van der Waals surface area contributed by atoms with Gasteiger partial charge >= 0.3 is 5.97 Å². The van der Waals surface area contributed by atoms with Crippen molar-refractivity contribution in [1.29, 1.82) is 0 Å². The van der Waals surface area contributed by atoms with Gasteiger partial charge in [0.05, 0.1) is 17.9 Å². The van der Waals surface area contributed by atoms with Gasteiger partial charge in [-0.2, -0.15) is 5.10 Å². The first kappa shape index (κ1) is 13.7. The van der Waals surface area contributed by atoms with Gasteiger partial charge in [0.15, 0.2) is 0 Å². The predicted molar refractivity (Wildman–Crippen MR) is 70.2 cm³/mol. The number of carbonyl (C=O) groups is 1. The molecule has 104 valence electrons. The van der Waals surface area contributed by atoms with Crippen molar-refractivity contribution >= 4 is 11.9 Å². The minimum absolute atomic E-state index is 0.0971. The maximum absolute atomic E-state index is 10.7. The van der Waals surface area contributed by atoms with E-state index in [4.69, 9.17) is 5.11 Å². The summed E-state index contributed by atoms with van der Waals surface area (Å²) >= 11 is 0. The first-order chi connectivity index (χ1) is 9.06. The number of carboxylic acid groups (broad SMARTS) is 1. The SMILES string of the molecule is Cc1nnc(N2CCCN(CC(=O)O)CC2)nc1C. The molecule has 0 bridgehead atoms. The van der Waals surface area contributed by atoms with Gasteiger partial charge in [-0.25, -0.2) is 4.98 Å². The fourth-order valence-electron chi connectivity index (χ4n) is 2.10. The summed E-state index contributed by atoms with van der Waals surface area (Å²) in [6.45, 7) is 6.97. The second kappa shape index (κ2) is 5.92. The zero-order valence-corrected chi connectivity index (χ0v) is 11.3. The lowest BCUT2D eigenvalue weighted by molar-refractivity contribution is -0.138. The monoisotopic (exact) mass is 265 g/mol. The summed E-state index contributed by atoms with van der Waals surface area (Å²) in [5.41, 5.74) is 1.72. The van der Waals surface area contributed by atoms with Gasteiger partial charge < -0.3 is 10.0 Å². The molecule has 0 aromatic carbocycles. The molecule has 1 aliphatic heterocycles. The van der Waals surface area contributed by atoms with Crippen LogP contribution in [-0.2, 0) is 4.79 Å². The molecule has 1 aromatic rings. The predicted octanol–water partition coefficient (Wildman–Crippen LogP) is 0.0851. The van der Waals surface area contributed by atoms with Crippen molar-refractivity contribution in [1.82, 2.24) is 20.1 Å². The summed E-state index contributed by atoms with van der Waals surface area (Å²) in [5, 5.41) is 17.0. The Morgan fingerprint density at radius 1 is 1.16 bits per heavy atom. The second-order valence-electron chi connectivity index (χ2n) is 4.79. The molecule has 1 aliphatic rings. The fraction of sp³-hybridized carbons (Fsp3) is 0.667. The van der Waals surface area contributed by atoms with Gasteiger partial charge in [-0.3, -0.25) is 9.69 Å². The van der Waals surface area contributed by atoms with Crippen molar-refractivity contribution in [2.75, 3.05) is 37.6 Å². The average molecular weight is 265 g/mol. The van der Waals surface area contributed by atoms with Crippen LogP contribution in [0.3, 0.4) is 0 Å². The maximum atomic E-state index is 10.7. The molecule has 0 atom stereocenters. The van der Waals surface area contributed by atoms with E-state index < -0.39 is 5.97 Å². The summed E-state index contributed by atoms with van der Waals surface area (Å²) in [5.74, 6) is -0.141. The molecule has 7 heteroatoms. The van der Waals surface area contributed by atoms with Crippen LogP contribution >= 0.6 is 0 Å². The lowest BCUT2D eigenvalue weighted by Gasteiger charge is -2.20. The van der Waals surface area contributed by atoms with Gasteiger partial charge in [0.25, 0.3) is 0 Å². The summed E-state index contributed by atoms with van der Waals surface area (Å²) in [6.07, 6.45) is 0.906. The van der Waals surface area contributed by atoms with Crippen molar-refractivity contribution in [3.63, 3.8) is 0 Å². The van der Waals surface area contributed by atoms with Gasteiger partial charge in [0.1, 0.15) is 0 Å². The number of hydrogen-bond acceptors (Lipinski definition) is 6. The van der Waals surface area contributed by atoms with Crippen molar-refractivity contribution in [2.24, 2.45) is 0 Å². The van der Waals surface area contributed by atoms with E-state index in [1.165, 1.54) is 0 Å². The quantitative estimate of drug-likeness (QED) is 0.829. The number of nitrogens with zero attached hydrogens (tertiary/aromatic N) is 5. The first-order valence-corrected chi connectivity index (χ1v) is 6.43. The standard InChI is InChI=1S/C12H19N5O2/c1-9-10(2)14-15-12(13-9)17-5-3-4-16(6-7-17)8-11(18)19/h3-8H2,1-2H3,(H,18,19). The van der Waals surface area contributed by atoms with Crippen molar-refractivity contribution in [3.8, 4) is 0 Å². The Bertz CT molecular complexity index is 465. The molecule has 1 saturated heterocycles. The molecule has 2 heterocycles. The largest absolute Gasteiger partial charge is 0.480 e. The fourth-order valence-corrected chi connectivity index (χ4v) is 2.10. The van der Waals surface area contributed by atoms with Gasteiger partial charge in [-0.1, -0.05) is 0 Å². The van der Waals surface area contributed by atoms with Crippen LogP contribution in [0.1, 0.15) is 17.8 Å². The summed E-state index contributed by atoms with van der Waals surface area (Å²) in [7, 11) is 0. The molecule has 1 fully saturated rings. The number of carboxylic acids is 1. The Kier molecular flexibility index (Phi) is 4.26. The molecule has 2 rings (SSSR count). The van der Waals surface area contributed by atoms with Crippen molar-refractivity contribution < 1.29 is 9.90 Å². The van der Waals surface area contributed by atoms with Crippen molar-refractivity contribution in [3.05, 3.63) is 11.4 Å². The van der Waals surface area contributed by atoms with E-state index in [-0.39, 0.29) is 6.54 Å². The van der Waals surface area contributed by atoms with E-state index >= 15 is 0 Å². The van der Waals surface area contributed by atoms with Crippen LogP contribution in [-0.4, -0.2) is 63.9 Å². The van der Waals surface area contributed by atoms with E-state index in [1.54, 1.807) is 0 Å². The molecular weight excluding hydrogens is 246 g/mol. The molecule has 0 spiro atoms. The Morgan fingerprint density at radius 2 is 1.95 bits per heavy atom. The molecule has 0 saturated carbocycles. The Hall–Kier alpha value is -1.76. The lowest BCUT2D eigenvalue weighted by Crippen LogP contribution is -2.34. The summed E-state index contributed by atoms with van der Waals surface area (Å²) in [6, 6.07) is 0. The number of hydrogen-bond donors (Lipinski definition) is 1. The molecule has 7 nitrogen and oxygen atoms in total. The Labute approximate surface area is 112 Å². The number of rotatable bonds is 3. The highest BCUT2D eigenvalue weighted by Crippen LogP contribution is 2.11. The Morgan fingerprint density at radius 3 is 2.63 bits per heavy atom. The molecule has 19 heavy (non-hydrogen) atoms. The zero-order chi connectivity index (χ0) is 13.8. The second-order valence-corrected chi connectivity index (χ2v) is 4.79. The van der Waals surface area contributed by atoms with E-state index in [9.17, 15) is 4.79 Å². The smallest absolute Gasteiger partial charge is 0.317 e. The normalized spacial score (nSPS) is 17.3. The van der Waals surface area contributed by atoms with Crippen LogP contribution in [0.4, 0.5) is 5.95 Å². The maximum Gasteiger partial charge on any atom is 0.317 e. The van der Waals surface area contributed by atoms with E-state index in [0.717, 1.165) is 37.4 Å². The Balaban J connectivity index is 2.02. The van der Waals surface area contributed by atoms with E-state index in [2.05, 4.69) is 20.1 Å². The number of aryl methyl sites for hydroxylation is 2. The summed E-state index contributed by atoms with van der Waals surface area (Å²) < 4.78 is 0. The molecule has 0 unspecified atom stereocenters. The summed E-state index contributed by atoms with van der Waals surface area (Å²) in [4.78, 5) is 19.2. The van der Waals surface area contributed by atoms with Gasteiger partial charge in [-0.05, 0) is 20.3 Å². The van der Waals surface area contributed by atoms with E-state index in [1.807, 2.05) is 18.7 Å². The average Bonchev–Trinajstić information content (AvgIpc) is 2.58. The number of aromatic nitrogens is 3. The molecule has 1 N–H and O–H groups in total. The third kappa shape index (κ3) is 3.60. The number of anilines is 1. The highest BCUT2D eigenvalue weighted by atomic mass is 16.4. The van der Waals surface area contributed by atoms with E-state index in [0.29, 0.717) is 12.5 Å². The minimum Gasteiger partial charge on any atom is -0.480 e. The van der Waals surface area contributed by atoms with Crippen LogP contribution in [0.5, 0.6) is 0 Å². The molecule has 0 aliphatic carbocycles. The van der Waals surface area contributed by atoms with Crippen LogP contribution in [0, 0.1) is 13.8 Å². The highest BCUT2D eigenvalue weighted by molar-refractivity contribution is 5.69. The van der Waals surface area contributed by atoms with Gasteiger partial charge in [0.2, 0.25) is 5.95 Å². The van der Waals surface area contributed by atoms with Crippen LogP contribution in [0.2, 0.25) is 0 Å².